The summed E-state index contributed by atoms with van der Waals surface area (Å²) in [6, 6.07) is 5.61. The Balaban J connectivity index is 1.58. The molecular weight excluding hydrogens is 459 g/mol. The van der Waals surface area contributed by atoms with Crippen molar-refractivity contribution < 1.29 is 9.53 Å². The minimum absolute atomic E-state index is 0.0121. The van der Waals surface area contributed by atoms with Gasteiger partial charge in [0.2, 0.25) is 5.91 Å². The highest BCUT2D eigenvalue weighted by molar-refractivity contribution is 6.35. The molecule has 4 rings (SSSR count). The number of aryl methyl sites for hydroxylation is 1. The fourth-order valence-corrected chi connectivity index (χ4v) is 5.02. The number of piperazine rings is 1. The lowest BCUT2D eigenvalue weighted by Gasteiger charge is -2.37. The van der Waals surface area contributed by atoms with Gasteiger partial charge in [-0.1, -0.05) is 43.1 Å². The first-order chi connectivity index (χ1) is 15.8. The Morgan fingerprint density at radius 2 is 1.94 bits per heavy atom. The molecule has 2 saturated heterocycles. The minimum Gasteiger partial charge on any atom is -0.381 e. The van der Waals surface area contributed by atoms with Gasteiger partial charge in [0.05, 0.1) is 12.5 Å². The second-order valence-corrected chi connectivity index (χ2v) is 10.3. The molecule has 0 spiro atoms. The van der Waals surface area contributed by atoms with Crippen LogP contribution >= 0.6 is 23.2 Å². The van der Waals surface area contributed by atoms with Crippen LogP contribution in [-0.2, 0) is 22.4 Å². The lowest BCUT2D eigenvalue weighted by molar-refractivity contribution is -0.135. The molecule has 2 aliphatic rings. The predicted octanol–water partition coefficient (Wildman–Crippen LogP) is 4.57. The van der Waals surface area contributed by atoms with Gasteiger partial charge >= 0.3 is 0 Å². The number of anilines is 1. The third-order valence-corrected chi connectivity index (χ3v) is 6.97. The number of halogens is 2. The molecule has 1 amide bonds. The summed E-state index contributed by atoms with van der Waals surface area (Å²) in [5.41, 5.74) is 3.06. The zero-order valence-electron chi connectivity index (χ0n) is 19.6. The van der Waals surface area contributed by atoms with E-state index in [4.69, 9.17) is 37.9 Å². The van der Waals surface area contributed by atoms with Crippen molar-refractivity contribution >= 4 is 34.9 Å². The van der Waals surface area contributed by atoms with Gasteiger partial charge in [0.25, 0.3) is 0 Å². The summed E-state index contributed by atoms with van der Waals surface area (Å²) in [5, 5.41) is 1.27. The van der Waals surface area contributed by atoms with Crippen LogP contribution in [0.4, 0.5) is 5.82 Å². The first-order valence-electron chi connectivity index (χ1n) is 11.7. The molecule has 2 aliphatic heterocycles. The van der Waals surface area contributed by atoms with Crippen molar-refractivity contribution in [2.75, 3.05) is 44.3 Å². The van der Waals surface area contributed by atoms with E-state index in [0.717, 1.165) is 54.4 Å². The van der Waals surface area contributed by atoms with Crippen LogP contribution in [0.2, 0.25) is 10.0 Å². The highest BCUT2D eigenvalue weighted by Crippen LogP contribution is 2.30. The Morgan fingerprint density at radius 3 is 2.58 bits per heavy atom. The number of benzene rings is 1. The molecule has 33 heavy (non-hydrogen) atoms. The van der Waals surface area contributed by atoms with E-state index in [-0.39, 0.29) is 11.8 Å². The molecular formula is C25H32Cl2N4O2. The second kappa shape index (κ2) is 10.6. The van der Waals surface area contributed by atoms with Gasteiger partial charge in [-0.25, -0.2) is 9.97 Å². The van der Waals surface area contributed by atoms with Crippen LogP contribution < -0.4 is 4.90 Å². The SMILES string of the molecule is Cc1nc(CC(C)C)nc(N2CCN(C(=O)C3CCOC3)CC2)c1Cc1ccc(Cl)cc1Cl. The molecule has 0 radical (unpaired) electrons. The Bertz CT molecular complexity index is 1000. The largest absolute Gasteiger partial charge is 0.381 e. The van der Waals surface area contributed by atoms with Crippen LogP contribution in [0.25, 0.3) is 0 Å². The number of aromatic nitrogens is 2. The summed E-state index contributed by atoms with van der Waals surface area (Å²) < 4.78 is 5.41. The minimum atomic E-state index is 0.0121. The molecule has 1 unspecified atom stereocenters. The van der Waals surface area contributed by atoms with Crippen molar-refractivity contribution in [3.63, 3.8) is 0 Å². The van der Waals surface area contributed by atoms with E-state index in [1.165, 1.54) is 0 Å². The van der Waals surface area contributed by atoms with E-state index < -0.39 is 0 Å². The third kappa shape index (κ3) is 5.79. The van der Waals surface area contributed by atoms with E-state index in [9.17, 15) is 4.79 Å². The third-order valence-electron chi connectivity index (χ3n) is 6.38. The zero-order chi connectivity index (χ0) is 23.5. The fraction of sp³-hybridized carbons (Fsp3) is 0.560. The molecule has 0 bridgehead atoms. The molecule has 3 heterocycles. The summed E-state index contributed by atoms with van der Waals surface area (Å²) in [7, 11) is 0. The quantitative estimate of drug-likeness (QED) is 0.593. The highest BCUT2D eigenvalue weighted by Gasteiger charge is 2.31. The van der Waals surface area contributed by atoms with Crippen LogP contribution in [-0.4, -0.2) is 60.2 Å². The van der Waals surface area contributed by atoms with Crippen molar-refractivity contribution in [1.82, 2.24) is 14.9 Å². The lowest BCUT2D eigenvalue weighted by atomic mass is 10.0. The van der Waals surface area contributed by atoms with Crippen molar-refractivity contribution in [3.8, 4) is 0 Å². The molecule has 2 fully saturated rings. The first kappa shape index (κ1) is 24.2. The number of amides is 1. The molecule has 2 aromatic rings. The van der Waals surface area contributed by atoms with Gasteiger partial charge in [0.1, 0.15) is 11.6 Å². The Hall–Kier alpha value is -1.89. The standard InChI is InChI=1S/C25H32Cl2N4O2/c1-16(2)12-23-28-17(3)21(13-18-4-5-20(26)14-22(18)27)24(29-23)30-7-9-31(10-8-30)25(32)19-6-11-33-15-19/h4-5,14,16,19H,6-13,15H2,1-3H3. The van der Waals surface area contributed by atoms with Gasteiger partial charge in [-0.15, -0.1) is 0 Å². The summed E-state index contributed by atoms with van der Waals surface area (Å²) in [6.45, 7) is 10.5. The van der Waals surface area contributed by atoms with Crippen molar-refractivity contribution in [1.29, 1.82) is 0 Å². The summed E-state index contributed by atoms with van der Waals surface area (Å²) >= 11 is 12.6. The van der Waals surface area contributed by atoms with Crippen molar-refractivity contribution in [3.05, 3.63) is 50.9 Å². The molecule has 0 aliphatic carbocycles. The highest BCUT2D eigenvalue weighted by atomic mass is 35.5. The van der Waals surface area contributed by atoms with Crippen molar-refractivity contribution in [2.24, 2.45) is 11.8 Å². The van der Waals surface area contributed by atoms with Gasteiger partial charge in [-0.3, -0.25) is 4.79 Å². The Kier molecular flexibility index (Phi) is 7.77. The maximum absolute atomic E-state index is 12.8. The Morgan fingerprint density at radius 1 is 1.18 bits per heavy atom. The molecule has 0 N–H and O–H groups in total. The molecule has 6 nitrogen and oxygen atoms in total. The number of hydrogen-bond acceptors (Lipinski definition) is 5. The van der Waals surface area contributed by atoms with Crippen LogP contribution in [0.1, 0.15) is 42.9 Å². The molecule has 1 aromatic heterocycles. The zero-order valence-corrected chi connectivity index (χ0v) is 21.1. The van der Waals surface area contributed by atoms with E-state index in [1.54, 1.807) is 6.07 Å². The summed E-state index contributed by atoms with van der Waals surface area (Å²) in [4.78, 5) is 26.9. The number of carbonyl (C=O) groups is 1. The normalized spacial score (nSPS) is 18.9. The van der Waals surface area contributed by atoms with Crippen molar-refractivity contribution in [2.45, 2.75) is 40.0 Å². The molecule has 8 heteroatoms. The lowest BCUT2D eigenvalue weighted by Crippen LogP contribution is -2.51. The van der Waals surface area contributed by atoms with Crippen LogP contribution in [0.5, 0.6) is 0 Å². The van der Waals surface area contributed by atoms with Gasteiger partial charge in [-0.2, -0.15) is 0 Å². The fourth-order valence-electron chi connectivity index (χ4n) is 4.54. The number of carbonyl (C=O) groups excluding carboxylic acids is 1. The molecule has 178 valence electrons. The van der Waals surface area contributed by atoms with E-state index in [1.807, 2.05) is 24.0 Å². The van der Waals surface area contributed by atoms with Crippen LogP contribution in [0.15, 0.2) is 18.2 Å². The molecule has 0 saturated carbocycles. The summed E-state index contributed by atoms with van der Waals surface area (Å²) in [5.74, 6) is 2.53. The van der Waals surface area contributed by atoms with Crippen LogP contribution in [0, 0.1) is 18.8 Å². The van der Waals surface area contributed by atoms with Gasteiger partial charge in [0.15, 0.2) is 0 Å². The van der Waals surface area contributed by atoms with Gasteiger partial charge in [-0.05, 0) is 37.0 Å². The average molecular weight is 491 g/mol. The van der Waals surface area contributed by atoms with E-state index in [2.05, 4.69) is 18.7 Å². The monoisotopic (exact) mass is 490 g/mol. The topological polar surface area (TPSA) is 58.6 Å². The van der Waals surface area contributed by atoms with Crippen LogP contribution in [0.3, 0.4) is 0 Å². The number of nitrogens with zero attached hydrogens (tertiary/aromatic N) is 4. The molecule has 1 atom stereocenters. The maximum Gasteiger partial charge on any atom is 0.228 e. The number of ether oxygens (including phenoxy) is 1. The van der Waals surface area contributed by atoms with E-state index in [0.29, 0.717) is 48.7 Å². The smallest absolute Gasteiger partial charge is 0.228 e. The van der Waals surface area contributed by atoms with Gasteiger partial charge in [0, 0.05) is 66.9 Å². The van der Waals surface area contributed by atoms with Gasteiger partial charge < -0.3 is 14.5 Å². The average Bonchev–Trinajstić information content (AvgIpc) is 3.31. The van der Waals surface area contributed by atoms with E-state index >= 15 is 0 Å². The number of rotatable bonds is 6. The predicted molar refractivity (Wildman–Crippen MR) is 132 cm³/mol. The molecule has 1 aromatic carbocycles. The second-order valence-electron chi connectivity index (χ2n) is 9.41. The number of hydrogen-bond donors (Lipinski definition) is 0. The Labute approximate surface area is 206 Å². The summed E-state index contributed by atoms with van der Waals surface area (Å²) in [6.07, 6.45) is 2.29. The maximum atomic E-state index is 12.8. The first-order valence-corrected chi connectivity index (χ1v) is 12.5.